The molecule has 24 heavy (non-hydrogen) atoms. The van der Waals surface area contributed by atoms with Crippen LogP contribution in [0.15, 0.2) is 55.1 Å². The van der Waals surface area contributed by atoms with Crippen LogP contribution in [0.1, 0.15) is 23.4 Å². The molecule has 130 valence electrons. The fourth-order valence-electron chi connectivity index (χ4n) is 2.42. The zero-order chi connectivity index (χ0) is 16.8. The normalized spacial score (nSPS) is 12.8. The van der Waals surface area contributed by atoms with Crippen molar-refractivity contribution in [3.05, 3.63) is 69.9 Å². The quantitative estimate of drug-likeness (QED) is 0.704. The van der Waals surface area contributed by atoms with Crippen LogP contribution in [0.3, 0.4) is 0 Å². The summed E-state index contributed by atoms with van der Waals surface area (Å²) < 4.78 is 0.722. The zero-order valence-corrected chi connectivity index (χ0v) is 15.9. The minimum Gasteiger partial charge on any atom is -0.334 e. The minimum atomic E-state index is -0.331. The second kappa shape index (κ2) is 9.84. The largest absolute Gasteiger partial charge is 0.334 e. The van der Waals surface area contributed by atoms with E-state index in [2.05, 4.69) is 6.58 Å². The summed E-state index contributed by atoms with van der Waals surface area (Å²) in [6.07, 6.45) is 1.73. The predicted octanol–water partition coefficient (Wildman–Crippen LogP) is 4.67. The average Bonchev–Trinajstić information content (AvgIpc) is 2.98. The monoisotopic (exact) mass is 384 g/mol. The van der Waals surface area contributed by atoms with Crippen molar-refractivity contribution in [1.82, 2.24) is 4.90 Å². The van der Waals surface area contributed by atoms with E-state index in [9.17, 15) is 4.79 Å². The Morgan fingerprint density at radius 3 is 2.54 bits per heavy atom. The minimum absolute atomic E-state index is 0. The van der Waals surface area contributed by atoms with Gasteiger partial charge in [-0.2, -0.15) is 0 Å². The number of benzene rings is 1. The molecule has 2 unspecified atom stereocenters. The van der Waals surface area contributed by atoms with Crippen LogP contribution >= 0.6 is 35.3 Å². The van der Waals surface area contributed by atoms with Crippen LogP contribution in [-0.4, -0.2) is 17.4 Å². The van der Waals surface area contributed by atoms with Crippen LogP contribution in [0.5, 0.6) is 0 Å². The molecule has 0 bridgehead atoms. The molecule has 0 fully saturated rings. The van der Waals surface area contributed by atoms with E-state index in [1.807, 2.05) is 49.4 Å². The fourth-order valence-corrected chi connectivity index (χ4v) is 3.52. The lowest BCUT2D eigenvalue weighted by Crippen LogP contribution is -2.39. The Balaban J connectivity index is 0.00000288. The maximum absolute atomic E-state index is 12.8. The molecule has 0 aliphatic heterocycles. The molecule has 2 N–H and O–H groups in total. The van der Waals surface area contributed by atoms with Gasteiger partial charge in [0.05, 0.1) is 16.8 Å². The number of nitrogens with zero attached hydrogens (tertiary/aromatic N) is 1. The Bertz CT molecular complexity index is 660. The summed E-state index contributed by atoms with van der Waals surface area (Å²) in [5.41, 5.74) is 7.24. The predicted molar refractivity (Wildman–Crippen MR) is 105 cm³/mol. The van der Waals surface area contributed by atoms with Crippen molar-refractivity contribution in [1.29, 1.82) is 0 Å². The average molecular weight is 385 g/mol. The Hall–Kier alpha value is -1.33. The van der Waals surface area contributed by atoms with Crippen molar-refractivity contribution in [2.45, 2.75) is 19.5 Å². The van der Waals surface area contributed by atoms with Crippen molar-refractivity contribution >= 4 is 41.3 Å². The van der Waals surface area contributed by atoms with Gasteiger partial charge in [0.1, 0.15) is 0 Å². The van der Waals surface area contributed by atoms with Crippen molar-refractivity contribution in [2.24, 2.45) is 11.7 Å². The number of halogens is 2. The number of amides is 1. The lowest BCUT2D eigenvalue weighted by molar-refractivity contribution is -0.135. The van der Waals surface area contributed by atoms with E-state index in [0.29, 0.717) is 13.1 Å². The molecule has 1 aromatic carbocycles. The molecule has 0 aliphatic rings. The number of carbonyl (C=O) groups is 1. The van der Waals surface area contributed by atoms with Gasteiger partial charge < -0.3 is 10.6 Å². The van der Waals surface area contributed by atoms with Crippen LogP contribution in [0.4, 0.5) is 0 Å². The molecule has 6 heteroatoms. The van der Waals surface area contributed by atoms with Gasteiger partial charge in [0.25, 0.3) is 0 Å². The van der Waals surface area contributed by atoms with E-state index < -0.39 is 0 Å². The topological polar surface area (TPSA) is 46.3 Å². The summed E-state index contributed by atoms with van der Waals surface area (Å²) in [7, 11) is 0. The van der Waals surface area contributed by atoms with Crippen LogP contribution < -0.4 is 5.73 Å². The Kier molecular flexibility index (Phi) is 8.50. The molecule has 0 radical (unpaired) electrons. The summed E-state index contributed by atoms with van der Waals surface area (Å²) in [6, 6.07) is 13.2. The molecule has 1 amide bonds. The standard InChI is InChI=1S/C18H21ClN2OS.ClH/c1-3-11-21(12-15-9-10-16(19)23-15)18(22)13(2)17(20)14-7-5-4-6-8-14;/h3-10,13,17H,1,11-12,20H2,2H3;1H. The smallest absolute Gasteiger partial charge is 0.227 e. The SMILES string of the molecule is C=CCN(Cc1ccc(Cl)s1)C(=O)C(C)C(N)c1ccccc1.Cl. The van der Waals surface area contributed by atoms with E-state index in [4.69, 9.17) is 17.3 Å². The molecular formula is C18H22Cl2N2OS. The van der Waals surface area contributed by atoms with E-state index in [0.717, 1.165) is 14.8 Å². The van der Waals surface area contributed by atoms with E-state index in [-0.39, 0.29) is 30.3 Å². The molecule has 3 nitrogen and oxygen atoms in total. The summed E-state index contributed by atoms with van der Waals surface area (Å²) in [5.74, 6) is -0.293. The number of thiophene rings is 1. The summed E-state index contributed by atoms with van der Waals surface area (Å²) in [5, 5.41) is 0. The van der Waals surface area contributed by atoms with Crippen molar-refractivity contribution in [3.8, 4) is 0 Å². The zero-order valence-electron chi connectivity index (χ0n) is 13.5. The van der Waals surface area contributed by atoms with Crippen LogP contribution in [-0.2, 0) is 11.3 Å². The molecule has 2 rings (SSSR count). The van der Waals surface area contributed by atoms with Gasteiger partial charge in [0, 0.05) is 17.5 Å². The molecule has 0 saturated heterocycles. The first-order valence-corrected chi connectivity index (χ1v) is 8.66. The summed E-state index contributed by atoms with van der Waals surface area (Å²) in [4.78, 5) is 15.6. The van der Waals surface area contributed by atoms with E-state index in [1.165, 1.54) is 11.3 Å². The molecule has 1 aromatic heterocycles. The maximum atomic E-state index is 12.8. The third-order valence-electron chi connectivity index (χ3n) is 3.75. The van der Waals surface area contributed by atoms with Gasteiger partial charge in [-0.25, -0.2) is 0 Å². The van der Waals surface area contributed by atoms with Gasteiger partial charge in [-0.1, -0.05) is 54.9 Å². The first-order chi connectivity index (χ1) is 11.0. The van der Waals surface area contributed by atoms with Crippen molar-refractivity contribution in [3.63, 3.8) is 0 Å². The van der Waals surface area contributed by atoms with Gasteiger partial charge >= 0.3 is 0 Å². The van der Waals surface area contributed by atoms with E-state index >= 15 is 0 Å². The molecule has 0 spiro atoms. The summed E-state index contributed by atoms with van der Waals surface area (Å²) in [6.45, 7) is 6.63. The highest BCUT2D eigenvalue weighted by Crippen LogP contribution is 2.25. The van der Waals surface area contributed by atoms with Crippen LogP contribution in [0, 0.1) is 5.92 Å². The van der Waals surface area contributed by atoms with Gasteiger partial charge in [0.15, 0.2) is 0 Å². The van der Waals surface area contributed by atoms with Gasteiger partial charge in [-0.3, -0.25) is 4.79 Å². The highest BCUT2D eigenvalue weighted by Gasteiger charge is 2.26. The second-order valence-electron chi connectivity index (χ2n) is 5.44. The third-order valence-corrected chi connectivity index (χ3v) is 4.97. The number of nitrogens with two attached hydrogens (primary N) is 1. The van der Waals surface area contributed by atoms with E-state index in [1.54, 1.807) is 11.0 Å². The number of carbonyl (C=O) groups excluding carboxylic acids is 1. The van der Waals surface area contributed by atoms with Crippen molar-refractivity contribution < 1.29 is 4.79 Å². The number of rotatable bonds is 7. The Labute approximate surface area is 158 Å². The lowest BCUT2D eigenvalue weighted by Gasteiger charge is -2.27. The second-order valence-corrected chi connectivity index (χ2v) is 7.24. The molecule has 2 aromatic rings. The maximum Gasteiger partial charge on any atom is 0.227 e. The molecule has 2 atom stereocenters. The van der Waals surface area contributed by atoms with Gasteiger partial charge in [-0.05, 0) is 17.7 Å². The Morgan fingerprint density at radius 1 is 1.33 bits per heavy atom. The lowest BCUT2D eigenvalue weighted by atomic mass is 9.94. The van der Waals surface area contributed by atoms with Gasteiger partial charge in [0.2, 0.25) is 5.91 Å². The highest BCUT2D eigenvalue weighted by atomic mass is 35.5. The number of hydrogen-bond donors (Lipinski definition) is 1. The number of hydrogen-bond acceptors (Lipinski definition) is 3. The molecule has 0 saturated carbocycles. The third kappa shape index (κ3) is 5.35. The highest BCUT2D eigenvalue weighted by molar-refractivity contribution is 7.16. The molecule has 1 heterocycles. The molecule has 0 aliphatic carbocycles. The first kappa shape index (κ1) is 20.7. The summed E-state index contributed by atoms with van der Waals surface area (Å²) >= 11 is 7.45. The van der Waals surface area contributed by atoms with Crippen LogP contribution in [0.2, 0.25) is 4.34 Å². The van der Waals surface area contributed by atoms with Crippen LogP contribution in [0.25, 0.3) is 0 Å². The molecular weight excluding hydrogens is 363 g/mol. The first-order valence-electron chi connectivity index (χ1n) is 7.47. The Morgan fingerprint density at radius 2 is 2.00 bits per heavy atom. The van der Waals surface area contributed by atoms with Gasteiger partial charge in [-0.15, -0.1) is 30.3 Å². The van der Waals surface area contributed by atoms with Crippen molar-refractivity contribution in [2.75, 3.05) is 6.54 Å². The fraction of sp³-hybridized carbons (Fsp3) is 0.278.